The summed E-state index contributed by atoms with van der Waals surface area (Å²) < 4.78 is 14.5. The van der Waals surface area contributed by atoms with Gasteiger partial charge in [-0.15, -0.1) is 0 Å². The molecule has 0 amide bonds. The fourth-order valence-corrected chi connectivity index (χ4v) is 3.60. The molecule has 0 saturated carbocycles. The molecule has 0 saturated heterocycles. The fraction of sp³-hybridized carbons (Fsp3) is 0. The summed E-state index contributed by atoms with van der Waals surface area (Å²) in [5.41, 5.74) is 5.86. The number of aromatic nitrogens is 2. The van der Waals surface area contributed by atoms with Crippen molar-refractivity contribution in [3.05, 3.63) is 121 Å². The van der Waals surface area contributed by atoms with E-state index < -0.39 is 5.82 Å². The van der Waals surface area contributed by atoms with Crippen LogP contribution in [0.15, 0.2) is 115 Å². The van der Waals surface area contributed by atoms with Gasteiger partial charge >= 0.3 is 0 Å². The van der Waals surface area contributed by atoms with E-state index in [0.717, 1.165) is 33.6 Å². The lowest BCUT2D eigenvalue weighted by Crippen LogP contribution is -2.03. The average molecular weight is 433 g/mol. The van der Waals surface area contributed by atoms with Crippen molar-refractivity contribution in [1.82, 2.24) is 9.97 Å². The molecular formula is C28H21FN4. The third-order valence-corrected chi connectivity index (χ3v) is 5.20. The molecule has 2 N–H and O–H groups in total. The van der Waals surface area contributed by atoms with Crippen LogP contribution in [0.2, 0.25) is 0 Å². The minimum atomic E-state index is -0.524. The molecule has 0 bridgehead atoms. The molecule has 160 valence electrons. The van der Waals surface area contributed by atoms with E-state index in [2.05, 4.69) is 32.7 Å². The number of halogens is 1. The molecule has 0 radical (unpaired) electrons. The van der Waals surface area contributed by atoms with Crippen molar-refractivity contribution < 1.29 is 4.39 Å². The predicted octanol–water partition coefficient (Wildman–Crippen LogP) is 7.44. The third kappa shape index (κ3) is 4.88. The van der Waals surface area contributed by atoms with Crippen LogP contribution in [0, 0.1) is 5.82 Å². The lowest BCUT2D eigenvalue weighted by atomic mass is 10.1. The molecule has 4 nitrogen and oxygen atoms in total. The summed E-state index contributed by atoms with van der Waals surface area (Å²) in [6, 6.07) is 35.9. The summed E-state index contributed by atoms with van der Waals surface area (Å²) >= 11 is 0. The molecule has 0 aliphatic rings. The van der Waals surface area contributed by atoms with Gasteiger partial charge in [-0.2, -0.15) is 4.98 Å². The number of anilines is 4. The average Bonchev–Trinajstić information content (AvgIpc) is 2.87. The first-order chi connectivity index (χ1) is 16.2. The fourth-order valence-electron chi connectivity index (χ4n) is 3.60. The first-order valence-corrected chi connectivity index (χ1v) is 10.6. The van der Waals surface area contributed by atoms with Gasteiger partial charge in [-0.05, 0) is 46.5 Å². The van der Waals surface area contributed by atoms with Gasteiger partial charge in [0, 0.05) is 11.4 Å². The molecule has 0 fully saturated rings. The second-order valence-electron chi connectivity index (χ2n) is 7.53. The van der Waals surface area contributed by atoms with Crippen molar-refractivity contribution >= 4 is 23.1 Å². The zero-order valence-electron chi connectivity index (χ0n) is 17.7. The molecule has 0 aliphatic carbocycles. The summed E-state index contributed by atoms with van der Waals surface area (Å²) in [4.78, 5) is 8.47. The number of nitrogens with one attached hydrogen (secondary N) is 2. The number of hydrogen-bond donors (Lipinski definition) is 2. The summed E-state index contributed by atoms with van der Waals surface area (Å²) in [5, 5.41) is 6.26. The lowest BCUT2D eigenvalue weighted by Gasteiger charge is -2.11. The minimum Gasteiger partial charge on any atom is -0.338 e. The lowest BCUT2D eigenvalue weighted by molar-refractivity contribution is 0.619. The molecule has 5 rings (SSSR count). The highest BCUT2D eigenvalue weighted by molar-refractivity contribution is 5.71. The van der Waals surface area contributed by atoms with E-state index in [1.54, 1.807) is 0 Å². The Morgan fingerprint density at radius 3 is 1.64 bits per heavy atom. The van der Waals surface area contributed by atoms with Gasteiger partial charge in [-0.25, -0.2) is 9.37 Å². The van der Waals surface area contributed by atoms with Gasteiger partial charge in [0.05, 0.1) is 6.20 Å². The minimum absolute atomic E-state index is 0.108. The van der Waals surface area contributed by atoms with Crippen LogP contribution in [-0.2, 0) is 0 Å². The van der Waals surface area contributed by atoms with Gasteiger partial charge in [0.2, 0.25) is 5.95 Å². The Morgan fingerprint density at radius 1 is 0.545 bits per heavy atom. The zero-order valence-corrected chi connectivity index (χ0v) is 17.7. The molecule has 4 aromatic carbocycles. The molecule has 1 aromatic heterocycles. The topological polar surface area (TPSA) is 49.8 Å². The number of hydrogen-bond acceptors (Lipinski definition) is 4. The van der Waals surface area contributed by atoms with Crippen LogP contribution in [0.1, 0.15) is 0 Å². The largest absolute Gasteiger partial charge is 0.338 e. The van der Waals surface area contributed by atoms with E-state index in [1.165, 1.54) is 6.20 Å². The van der Waals surface area contributed by atoms with Crippen LogP contribution in [0.4, 0.5) is 27.5 Å². The Kier molecular flexibility index (Phi) is 5.76. The predicted molar refractivity (Wildman–Crippen MR) is 132 cm³/mol. The molecule has 0 spiro atoms. The van der Waals surface area contributed by atoms with Gasteiger partial charge in [-0.3, -0.25) is 0 Å². The van der Waals surface area contributed by atoms with Crippen LogP contribution in [0.5, 0.6) is 0 Å². The Balaban J connectivity index is 1.37. The second-order valence-corrected chi connectivity index (χ2v) is 7.53. The maximum Gasteiger partial charge on any atom is 0.229 e. The molecule has 0 atom stereocenters. The third-order valence-electron chi connectivity index (χ3n) is 5.20. The van der Waals surface area contributed by atoms with E-state index in [4.69, 9.17) is 0 Å². The van der Waals surface area contributed by atoms with E-state index >= 15 is 0 Å². The van der Waals surface area contributed by atoms with Crippen molar-refractivity contribution in [2.24, 2.45) is 0 Å². The van der Waals surface area contributed by atoms with E-state index in [-0.39, 0.29) is 5.82 Å². The molecule has 0 unspecified atom stereocenters. The monoisotopic (exact) mass is 432 g/mol. The molecule has 0 aliphatic heterocycles. The zero-order chi connectivity index (χ0) is 22.5. The number of benzene rings is 4. The van der Waals surface area contributed by atoms with Gasteiger partial charge < -0.3 is 10.6 Å². The Morgan fingerprint density at radius 2 is 1.06 bits per heavy atom. The van der Waals surface area contributed by atoms with Crippen molar-refractivity contribution in [2.45, 2.75) is 0 Å². The second kappa shape index (κ2) is 9.32. The smallest absolute Gasteiger partial charge is 0.229 e. The normalized spacial score (nSPS) is 10.6. The van der Waals surface area contributed by atoms with Crippen LogP contribution in [-0.4, -0.2) is 9.97 Å². The molecule has 33 heavy (non-hydrogen) atoms. The van der Waals surface area contributed by atoms with E-state index in [1.807, 2.05) is 97.1 Å². The molecule has 5 aromatic rings. The highest BCUT2D eigenvalue weighted by Gasteiger charge is 2.09. The van der Waals surface area contributed by atoms with Crippen molar-refractivity contribution in [3.8, 4) is 22.3 Å². The summed E-state index contributed by atoms with van der Waals surface area (Å²) in [6.45, 7) is 0. The Labute approximate surface area is 191 Å². The quantitative estimate of drug-likeness (QED) is 0.293. The molecule has 5 heteroatoms. The molecule has 1 heterocycles. The van der Waals surface area contributed by atoms with Gasteiger partial charge in [-0.1, -0.05) is 84.9 Å². The summed E-state index contributed by atoms with van der Waals surface area (Å²) in [5.74, 6) is -0.107. The Bertz CT molecular complexity index is 1370. The first-order valence-electron chi connectivity index (χ1n) is 10.6. The number of rotatable bonds is 6. The summed E-state index contributed by atoms with van der Waals surface area (Å²) in [6.07, 6.45) is 1.17. The standard InChI is InChI=1S/C28H21FN4/c29-26-19-30-28(32-25-16-8-14-23(18-25)21-11-5-2-6-12-21)33-27(26)31-24-15-7-13-22(17-24)20-9-3-1-4-10-20/h1-19H,(H2,30,31,32,33). The SMILES string of the molecule is Fc1cnc(Nc2cccc(-c3ccccc3)c2)nc1Nc1cccc(-c2ccccc2)c1. The Hall–Kier alpha value is -4.51. The van der Waals surface area contributed by atoms with Crippen LogP contribution >= 0.6 is 0 Å². The maximum atomic E-state index is 14.5. The van der Waals surface area contributed by atoms with Crippen molar-refractivity contribution in [1.29, 1.82) is 0 Å². The highest BCUT2D eigenvalue weighted by Crippen LogP contribution is 2.27. The van der Waals surface area contributed by atoms with Gasteiger partial charge in [0.1, 0.15) is 0 Å². The van der Waals surface area contributed by atoms with Crippen LogP contribution in [0.3, 0.4) is 0 Å². The van der Waals surface area contributed by atoms with Crippen LogP contribution < -0.4 is 10.6 Å². The van der Waals surface area contributed by atoms with Crippen molar-refractivity contribution in [2.75, 3.05) is 10.6 Å². The summed E-state index contributed by atoms with van der Waals surface area (Å²) in [7, 11) is 0. The van der Waals surface area contributed by atoms with Crippen LogP contribution in [0.25, 0.3) is 22.3 Å². The number of nitrogens with zero attached hydrogens (tertiary/aromatic N) is 2. The van der Waals surface area contributed by atoms with Crippen molar-refractivity contribution in [3.63, 3.8) is 0 Å². The molecular weight excluding hydrogens is 411 g/mol. The highest BCUT2D eigenvalue weighted by atomic mass is 19.1. The van der Waals surface area contributed by atoms with E-state index in [9.17, 15) is 4.39 Å². The van der Waals surface area contributed by atoms with Gasteiger partial charge in [0.25, 0.3) is 0 Å². The first kappa shape index (κ1) is 20.4. The van der Waals surface area contributed by atoms with E-state index in [0.29, 0.717) is 5.95 Å². The van der Waals surface area contributed by atoms with Gasteiger partial charge in [0.15, 0.2) is 11.6 Å². The maximum absolute atomic E-state index is 14.5.